The molecule has 0 atom stereocenters. The van der Waals surface area contributed by atoms with Crippen molar-refractivity contribution in [1.29, 1.82) is 0 Å². The number of ketones is 2. The van der Waals surface area contributed by atoms with Gasteiger partial charge in [0, 0.05) is 11.3 Å². The first-order valence-corrected chi connectivity index (χ1v) is 8.26. The molecule has 3 aromatic rings. The second-order valence-electron chi connectivity index (χ2n) is 5.45. The molecule has 0 aliphatic heterocycles. The van der Waals surface area contributed by atoms with E-state index in [0.29, 0.717) is 16.4 Å². The van der Waals surface area contributed by atoms with Crippen molar-refractivity contribution in [2.24, 2.45) is 0 Å². The van der Waals surface area contributed by atoms with Gasteiger partial charge >= 0.3 is 0 Å². The molecule has 0 unspecified atom stereocenters. The van der Waals surface area contributed by atoms with E-state index in [0.717, 1.165) is 22.3 Å². The highest BCUT2D eigenvalue weighted by atomic mass is 32.2. The topological polar surface area (TPSA) is 78.6 Å². The molecular formula is C17H17N3O2S. The predicted molar refractivity (Wildman–Crippen MR) is 91.4 cm³/mol. The Labute approximate surface area is 137 Å². The molecule has 0 saturated heterocycles. The minimum Gasteiger partial charge on any atom is -0.355 e. The predicted octanol–water partition coefficient (Wildman–Crippen LogP) is 3.69. The summed E-state index contributed by atoms with van der Waals surface area (Å²) in [6.45, 7) is 5.13. The van der Waals surface area contributed by atoms with Crippen molar-refractivity contribution in [3.05, 3.63) is 46.8 Å². The number of thioether (sulfide) groups is 1. The lowest BCUT2D eigenvalue weighted by atomic mass is 10.1. The van der Waals surface area contributed by atoms with Crippen LogP contribution < -0.4 is 0 Å². The van der Waals surface area contributed by atoms with Gasteiger partial charge in [-0.05, 0) is 38.5 Å². The Hall–Kier alpha value is -2.34. The summed E-state index contributed by atoms with van der Waals surface area (Å²) >= 11 is 1.36. The number of nitrogens with zero attached hydrogens (tertiary/aromatic N) is 1. The first-order valence-electron chi connectivity index (χ1n) is 7.28. The van der Waals surface area contributed by atoms with Crippen molar-refractivity contribution in [3.8, 4) is 0 Å². The molecule has 0 amide bonds. The van der Waals surface area contributed by atoms with E-state index in [1.165, 1.54) is 18.7 Å². The fraction of sp³-hybridized carbons (Fsp3) is 0.235. The zero-order valence-corrected chi connectivity index (χ0v) is 14.0. The maximum atomic E-state index is 12.4. The third kappa shape index (κ3) is 2.94. The summed E-state index contributed by atoms with van der Waals surface area (Å²) in [6.07, 6.45) is 0. The van der Waals surface area contributed by atoms with Crippen molar-refractivity contribution in [3.63, 3.8) is 0 Å². The van der Waals surface area contributed by atoms with Crippen LogP contribution in [0.3, 0.4) is 0 Å². The van der Waals surface area contributed by atoms with Crippen LogP contribution in [0.1, 0.15) is 39.0 Å². The third-order valence-corrected chi connectivity index (χ3v) is 4.65. The number of imidazole rings is 1. The molecule has 0 fully saturated rings. The third-order valence-electron chi connectivity index (χ3n) is 3.78. The zero-order valence-electron chi connectivity index (χ0n) is 13.2. The summed E-state index contributed by atoms with van der Waals surface area (Å²) in [5, 5.41) is 0.715. The lowest BCUT2D eigenvalue weighted by molar-refractivity contribution is 0.101. The Bertz CT molecular complexity index is 875. The molecule has 0 spiro atoms. The zero-order chi connectivity index (χ0) is 16.6. The summed E-state index contributed by atoms with van der Waals surface area (Å²) in [6, 6.07) is 7.74. The molecule has 1 aromatic carbocycles. The molecule has 6 heteroatoms. The summed E-state index contributed by atoms with van der Waals surface area (Å²) in [4.78, 5) is 34.8. The largest absolute Gasteiger partial charge is 0.355 e. The minimum absolute atomic E-state index is 0.0276. The Morgan fingerprint density at radius 3 is 2.57 bits per heavy atom. The highest BCUT2D eigenvalue weighted by Crippen LogP contribution is 2.23. The molecule has 2 heterocycles. The monoisotopic (exact) mass is 327 g/mol. The molecule has 0 bridgehead atoms. The number of rotatable bonds is 5. The lowest BCUT2D eigenvalue weighted by Gasteiger charge is -1.99. The second-order valence-corrected chi connectivity index (χ2v) is 6.42. The van der Waals surface area contributed by atoms with Crippen LogP contribution in [0.5, 0.6) is 0 Å². The van der Waals surface area contributed by atoms with Crippen molar-refractivity contribution in [2.75, 3.05) is 5.75 Å². The van der Waals surface area contributed by atoms with Gasteiger partial charge in [0.2, 0.25) is 0 Å². The van der Waals surface area contributed by atoms with Gasteiger partial charge in [0.15, 0.2) is 16.7 Å². The van der Waals surface area contributed by atoms with Crippen LogP contribution in [0.4, 0.5) is 0 Å². The molecule has 0 aliphatic rings. The molecule has 2 N–H and O–H groups in total. The number of fused-ring (bicyclic) bond motifs is 1. The number of carbonyl (C=O) groups is 2. The van der Waals surface area contributed by atoms with Gasteiger partial charge in [-0.2, -0.15) is 0 Å². The number of benzene rings is 1. The van der Waals surface area contributed by atoms with Gasteiger partial charge in [-0.15, -0.1) is 0 Å². The van der Waals surface area contributed by atoms with E-state index in [-0.39, 0.29) is 17.3 Å². The van der Waals surface area contributed by atoms with E-state index >= 15 is 0 Å². The average molecular weight is 327 g/mol. The van der Waals surface area contributed by atoms with E-state index in [4.69, 9.17) is 0 Å². The number of carbonyl (C=O) groups excluding carboxylic acids is 2. The first kappa shape index (κ1) is 15.6. The van der Waals surface area contributed by atoms with E-state index < -0.39 is 0 Å². The summed E-state index contributed by atoms with van der Waals surface area (Å²) in [7, 11) is 0. The molecular weight excluding hydrogens is 310 g/mol. The van der Waals surface area contributed by atoms with Gasteiger partial charge in [0.1, 0.15) is 0 Å². The van der Waals surface area contributed by atoms with Gasteiger partial charge in [-0.1, -0.05) is 23.9 Å². The van der Waals surface area contributed by atoms with Crippen molar-refractivity contribution in [1.82, 2.24) is 15.0 Å². The molecule has 0 saturated carbocycles. The first-order chi connectivity index (χ1) is 11.0. The SMILES string of the molecule is CC(=O)c1c(C)[nH]c(C(=O)CSc2nc3ccccc3[nH]2)c1C. The molecule has 2 aromatic heterocycles. The lowest BCUT2D eigenvalue weighted by Crippen LogP contribution is -2.05. The normalized spacial score (nSPS) is 11.1. The number of para-hydroxylation sites is 2. The molecule has 0 radical (unpaired) electrons. The van der Waals surface area contributed by atoms with E-state index in [2.05, 4.69) is 15.0 Å². The number of nitrogens with one attached hydrogen (secondary N) is 2. The average Bonchev–Trinajstić information content (AvgIpc) is 3.05. The molecule has 3 rings (SSSR count). The maximum Gasteiger partial charge on any atom is 0.189 e. The van der Waals surface area contributed by atoms with Crippen LogP contribution in [0.15, 0.2) is 29.4 Å². The van der Waals surface area contributed by atoms with Gasteiger partial charge in [-0.3, -0.25) is 9.59 Å². The summed E-state index contributed by atoms with van der Waals surface area (Å²) < 4.78 is 0. The second kappa shape index (κ2) is 6.04. The smallest absolute Gasteiger partial charge is 0.189 e. The summed E-state index contributed by atoms with van der Waals surface area (Å²) in [5.41, 5.74) is 4.43. The molecule has 5 nitrogen and oxygen atoms in total. The van der Waals surface area contributed by atoms with Crippen LogP contribution in [0, 0.1) is 13.8 Å². The van der Waals surface area contributed by atoms with E-state index in [1.54, 1.807) is 6.92 Å². The molecule has 0 aliphatic carbocycles. The highest BCUT2D eigenvalue weighted by molar-refractivity contribution is 7.99. The molecule has 23 heavy (non-hydrogen) atoms. The Morgan fingerprint density at radius 2 is 1.91 bits per heavy atom. The number of Topliss-reactive ketones (excluding diaryl/α,β-unsaturated/α-hetero) is 2. The number of aromatic amines is 2. The van der Waals surface area contributed by atoms with Crippen LogP contribution in [-0.2, 0) is 0 Å². The van der Waals surface area contributed by atoms with Crippen LogP contribution >= 0.6 is 11.8 Å². The fourth-order valence-electron chi connectivity index (χ4n) is 2.76. The number of aryl methyl sites for hydroxylation is 1. The quantitative estimate of drug-likeness (QED) is 0.553. The van der Waals surface area contributed by atoms with Gasteiger partial charge in [0.05, 0.1) is 22.5 Å². The van der Waals surface area contributed by atoms with E-state index in [9.17, 15) is 9.59 Å². The highest BCUT2D eigenvalue weighted by Gasteiger charge is 2.20. The number of H-pyrrole nitrogens is 2. The van der Waals surface area contributed by atoms with Crippen LogP contribution in [0.2, 0.25) is 0 Å². The van der Waals surface area contributed by atoms with Crippen LogP contribution in [-0.4, -0.2) is 32.3 Å². The van der Waals surface area contributed by atoms with Gasteiger partial charge in [-0.25, -0.2) is 4.98 Å². The maximum absolute atomic E-state index is 12.4. The standard InChI is InChI=1S/C17H17N3O2S/c1-9-15(11(3)21)10(2)18-16(9)14(22)8-23-17-19-12-6-4-5-7-13(12)20-17/h4-7,18H,8H2,1-3H3,(H,19,20). The van der Waals surface area contributed by atoms with Gasteiger partial charge < -0.3 is 9.97 Å². The Morgan fingerprint density at radius 1 is 1.17 bits per heavy atom. The van der Waals surface area contributed by atoms with Crippen molar-refractivity contribution < 1.29 is 9.59 Å². The van der Waals surface area contributed by atoms with Crippen molar-refractivity contribution in [2.45, 2.75) is 25.9 Å². The van der Waals surface area contributed by atoms with Gasteiger partial charge in [0.25, 0.3) is 0 Å². The minimum atomic E-state index is -0.0384. The van der Waals surface area contributed by atoms with E-state index in [1.807, 2.05) is 31.2 Å². The Kier molecular flexibility index (Phi) is 4.09. The Balaban J connectivity index is 1.77. The fourth-order valence-corrected chi connectivity index (χ4v) is 3.52. The number of hydrogen-bond donors (Lipinski definition) is 2. The van der Waals surface area contributed by atoms with Crippen LogP contribution in [0.25, 0.3) is 11.0 Å². The summed E-state index contributed by atoms with van der Waals surface area (Å²) in [5.74, 6) is 0.196. The van der Waals surface area contributed by atoms with Crippen molar-refractivity contribution >= 4 is 34.4 Å². The molecule has 118 valence electrons. The number of hydrogen-bond acceptors (Lipinski definition) is 4. The number of aromatic nitrogens is 3.